The predicted molar refractivity (Wildman–Crippen MR) is 80.4 cm³/mol. The molecule has 0 unspecified atom stereocenters. The molecule has 0 heterocycles. The van der Waals surface area contributed by atoms with Crippen molar-refractivity contribution in [3.8, 4) is 0 Å². The summed E-state index contributed by atoms with van der Waals surface area (Å²) in [4.78, 5) is 0. The van der Waals surface area contributed by atoms with Crippen LogP contribution in [-0.2, 0) is 0 Å². The van der Waals surface area contributed by atoms with Crippen molar-refractivity contribution in [3.63, 3.8) is 0 Å². The first-order valence-electron chi connectivity index (χ1n) is 7.96. The van der Waals surface area contributed by atoms with E-state index in [0.717, 1.165) is 11.1 Å². The highest BCUT2D eigenvalue weighted by atomic mass is 35.6. The molecular weight excluding hydrogens is 244 g/mol. The lowest BCUT2D eigenvalue weighted by atomic mass is 9.99. The minimum Gasteiger partial charge on any atom is -0.166 e. The van der Waals surface area contributed by atoms with Crippen LogP contribution in [0.5, 0.6) is 0 Å². The highest BCUT2D eigenvalue weighted by molar-refractivity contribution is 7.21. The third-order valence-electron chi connectivity index (χ3n) is 5.20. The summed E-state index contributed by atoms with van der Waals surface area (Å²) in [5, 5.41) is 0. The summed E-state index contributed by atoms with van der Waals surface area (Å²) in [7, 11) is -1.48. The van der Waals surface area contributed by atoms with Crippen LogP contribution in [0.2, 0.25) is 17.1 Å². The lowest BCUT2D eigenvalue weighted by molar-refractivity contribution is 0.456. The molecule has 0 aromatic rings. The average Bonchev–Trinajstić information content (AvgIpc) is 2.41. The Morgan fingerprint density at radius 1 is 0.824 bits per heavy atom. The lowest BCUT2D eigenvalue weighted by Crippen LogP contribution is -2.41. The molecule has 0 saturated heterocycles. The third-order valence-corrected chi connectivity index (χ3v) is 12.8. The molecule has 0 nitrogen and oxygen atoms in total. The summed E-state index contributed by atoms with van der Waals surface area (Å²) in [5.41, 5.74) is 1.92. The Bertz CT molecular complexity index is 199. The Balaban J connectivity index is 2.05. The zero-order valence-electron chi connectivity index (χ0n) is 11.5. The molecule has 100 valence electrons. The maximum atomic E-state index is 7.34. The fraction of sp³-hybridized carbons (Fsp3) is 1.00. The molecule has 0 spiro atoms. The summed E-state index contributed by atoms with van der Waals surface area (Å²) < 4.78 is 0. The number of halogens is 1. The van der Waals surface area contributed by atoms with Gasteiger partial charge in [-0.05, 0) is 17.1 Å². The summed E-state index contributed by atoms with van der Waals surface area (Å²) in [6, 6.07) is 1.39. The van der Waals surface area contributed by atoms with E-state index in [1.807, 2.05) is 0 Å². The highest BCUT2D eigenvalue weighted by Gasteiger charge is 2.45. The van der Waals surface area contributed by atoms with Gasteiger partial charge in [-0.1, -0.05) is 77.6 Å². The summed E-state index contributed by atoms with van der Waals surface area (Å²) in [5.74, 6) is 0. The largest absolute Gasteiger partial charge is 0.166 e. The second-order valence-electron chi connectivity index (χ2n) is 6.35. The van der Waals surface area contributed by atoms with Gasteiger partial charge < -0.3 is 0 Å². The van der Waals surface area contributed by atoms with E-state index in [9.17, 15) is 0 Å². The van der Waals surface area contributed by atoms with Crippen LogP contribution in [0.15, 0.2) is 0 Å². The zero-order valence-corrected chi connectivity index (χ0v) is 13.3. The molecule has 2 aliphatic rings. The van der Waals surface area contributed by atoms with Gasteiger partial charge in [0, 0.05) is 0 Å². The van der Waals surface area contributed by atoms with Crippen molar-refractivity contribution >= 4 is 18.5 Å². The Labute approximate surface area is 113 Å². The molecule has 0 aromatic carbocycles. The van der Waals surface area contributed by atoms with Gasteiger partial charge in [-0.25, -0.2) is 0 Å². The molecular formula is C15H29ClSi. The molecule has 0 radical (unpaired) electrons. The van der Waals surface area contributed by atoms with Crippen molar-refractivity contribution < 1.29 is 0 Å². The van der Waals surface area contributed by atoms with Gasteiger partial charge in [-0.15, -0.1) is 0 Å². The van der Waals surface area contributed by atoms with Crippen LogP contribution < -0.4 is 0 Å². The topological polar surface area (TPSA) is 0 Å². The van der Waals surface area contributed by atoms with Crippen LogP contribution in [-0.4, -0.2) is 7.38 Å². The second-order valence-corrected chi connectivity index (χ2v) is 12.4. The summed E-state index contributed by atoms with van der Waals surface area (Å²) in [6.07, 6.45) is 16.0. The van der Waals surface area contributed by atoms with Crippen LogP contribution >= 0.6 is 11.1 Å². The Morgan fingerprint density at radius 3 is 1.59 bits per heavy atom. The van der Waals surface area contributed by atoms with E-state index in [1.165, 1.54) is 76.7 Å². The van der Waals surface area contributed by atoms with Crippen LogP contribution in [0, 0.1) is 0 Å². The molecule has 0 N–H and O–H groups in total. The van der Waals surface area contributed by atoms with E-state index in [4.69, 9.17) is 11.1 Å². The zero-order chi connectivity index (χ0) is 12.1. The van der Waals surface area contributed by atoms with Gasteiger partial charge >= 0.3 is 0 Å². The van der Waals surface area contributed by atoms with E-state index >= 15 is 0 Å². The molecule has 0 atom stereocenters. The van der Waals surface area contributed by atoms with E-state index in [1.54, 1.807) is 0 Å². The molecule has 0 aliphatic heterocycles. The minimum atomic E-state index is -1.48. The first-order chi connectivity index (χ1) is 8.27. The molecule has 0 amide bonds. The monoisotopic (exact) mass is 272 g/mol. The molecule has 2 fully saturated rings. The van der Waals surface area contributed by atoms with Gasteiger partial charge in [0.2, 0.25) is 0 Å². The van der Waals surface area contributed by atoms with Crippen LogP contribution in [0.1, 0.15) is 77.6 Å². The predicted octanol–water partition coefficient (Wildman–Crippen LogP) is 6.25. The molecule has 2 saturated carbocycles. The molecule has 2 rings (SSSR count). The van der Waals surface area contributed by atoms with Gasteiger partial charge in [0.05, 0.1) is 0 Å². The Hall–Kier alpha value is 0.507. The Kier molecular flexibility index (Phi) is 5.41. The van der Waals surface area contributed by atoms with Crippen molar-refractivity contribution in [2.45, 2.75) is 94.7 Å². The minimum absolute atomic E-state index is 0.959. The maximum absolute atomic E-state index is 7.34. The molecule has 2 aliphatic carbocycles. The lowest BCUT2D eigenvalue weighted by Gasteiger charge is -2.43. The third kappa shape index (κ3) is 3.29. The molecule has 17 heavy (non-hydrogen) atoms. The van der Waals surface area contributed by atoms with Crippen molar-refractivity contribution in [2.75, 3.05) is 0 Å². The SMILES string of the molecule is CCC[Si](Cl)(C1CCCCC1)C1CCCCC1. The molecule has 2 heteroatoms. The summed E-state index contributed by atoms with van der Waals surface area (Å²) in [6.45, 7) is 2.34. The Morgan fingerprint density at radius 2 is 1.24 bits per heavy atom. The van der Waals surface area contributed by atoms with E-state index in [0.29, 0.717) is 0 Å². The van der Waals surface area contributed by atoms with E-state index in [-0.39, 0.29) is 0 Å². The average molecular weight is 273 g/mol. The van der Waals surface area contributed by atoms with Gasteiger partial charge in [-0.3, -0.25) is 0 Å². The van der Waals surface area contributed by atoms with Crippen molar-refractivity contribution in [1.82, 2.24) is 0 Å². The van der Waals surface area contributed by atoms with Gasteiger partial charge in [-0.2, -0.15) is 11.1 Å². The van der Waals surface area contributed by atoms with Crippen molar-refractivity contribution in [3.05, 3.63) is 0 Å². The highest BCUT2D eigenvalue weighted by Crippen LogP contribution is 2.52. The molecule has 0 bridgehead atoms. The maximum Gasteiger partial charge on any atom is 0.162 e. The fourth-order valence-corrected chi connectivity index (χ4v) is 11.2. The first kappa shape index (κ1) is 13.9. The van der Waals surface area contributed by atoms with Gasteiger partial charge in [0.1, 0.15) is 0 Å². The van der Waals surface area contributed by atoms with Gasteiger partial charge in [0.15, 0.2) is 7.38 Å². The first-order valence-corrected chi connectivity index (χ1v) is 11.3. The van der Waals surface area contributed by atoms with Crippen LogP contribution in [0.25, 0.3) is 0 Å². The number of rotatable bonds is 4. The van der Waals surface area contributed by atoms with Crippen molar-refractivity contribution in [1.29, 1.82) is 0 Å². The van der Waals surface area contributed by atoms with Crippen LogP contribution in [0.4, 0.5) is 0 Å². The van der Waals surface area contributed by atoms with E-state index < -0.39 is 7.38 Å². The second kappa shape index (κ2) is 6.61. The normalized spacial score (nSPS) is 25.1. The van der Waals surface area contributed by atoms with Crippen LogP contribution in [0.3, 0.4) is 0 Å². The molecule has 0 aromatic heterocycles. The van der Waals surface area contributed by atoms with E-state index in [2.05, 4.69) is 6.92 Å². The smallest absolute Gasteiger partial charge is 0.162 e. The number of hydrogen-bond donors (Lipinski definition) is 0. The van der Waals surface area contributed by atoms with Gasteiger partial charge in [0.25, 0.3) is 0 Å². The quantitative estimate of drug-likeness (QED) is 0.419. The van der Waals surface area contributed by atoms with Crippen molar-refractivity contribution in [2.24, 2.45) is 0 Å². The fourth-order valence-electron chi connectivity index (χ4n) is 4.29. The summed E-state index contributed by atoms with van der Waals surface area (Å²) >= 11 is 7.34. The standard InChI is InChI=1S/C15H29ClSi/c1-2-13-17(16,14-9-5-3-6-10-14)15-11-7-4-8-12-15/h14-15H,2-13H2,1H3. The number of hydrogen-bond acceptors (Lipinski definition) is 0.